The van der Waals surface area contributed by atoms with Gasteiger partial charge in [0.1, 0.15) is 0 Å². The average Bonchev–Trinajstić information content (AvgIpc) is 2.57. The molecular formula is C16H19Cl2N3O3. The lowest BCUT2D eigenvalue weighted by molar-refractivity contribution is -0.138. The summed E-state index contributed by atoms with van der Waals surface area (Å²) in [5.41, 5.74) is 0.395. The van der Waals surface area contributed by atoms with Crippen LogP contribution in [0.3, 0.4) is 0 Å². The number of nitrogens with one attached hydrogen (secondary N) is 1. The maximum absolute atomic E-state index is 12.1. The molecule has 0 unspecified atom stereocenters. The fourth-order valence-corrected chi connectivity index (χ4v) is 2.75. The van der Waals surface area contributed by atoms with Crippen molar-refractivity contribution in [3.05, 3.63) is 33.8 Å². The smallest absolute Gasteiger partial charge is 0.251 e. The van der Waals surface area contributed by atoms with Crippen molar-refractivity contribution in [3.63, 3.8) is 0 Å². The maximum atomic E-state index is 12.1. The summed E-state index contributed by atoms with van der Waals surface area (Å²) < 4.78 is 0. The van der Waals surface area contributed by atoms with E-state index in [9.17, 15) is 14.4 Å². The second-order valence-electron chi connectivity index (χ2n) is 5.52. The Balaban J connectivity index is 1.75. The van der Waals surface area contributed by atoms with Gasteiger partial charge in [0.05, 0.1) is 10.0 Å². The number of hydrogen-bond donors (Lipinski definition) is 1. The SMILES string of the molecule is CC(=O)N1CCN(C(=O)CCNC(=O)c2ccc(Cl)c(Cl)c2)CC1. The zero-order valence-corrected chi connectivity index (χ0v) is 14.9. The molecule has 6 nitrogen and oxygen atoms in total. The predicted octanol–water partition coefficient (Wildman–Crippen LogP) is 1.80. The Bertz CT molecular complexity index is 643. The molecule has 1 fully saturated rings. The molecule has 1 aliphatic rings. The molecule has 0 radical (unpaired) electrons. The second kappa shape index (κ2) is 8.35. The minimum absolute atomic E-state index is 0.0241. The summed E-state index contributed by atoms with van der Waals surface area (Å²) in [4.78, 5) is 38.8. The number of carbonyl (C=O) groups excluding carboxylic acids is 3. The number of amides is 3. The number of hydrogen-bond acceptors (Lipinski definition) is 3. The third kappa shape index (κ3) is 4.85. The van der Waals surface area contributed by atoms with Gasteiger partial charge >= 0.3 is 0 Å². The quantitative estimate of drug-likeness (QED) is 0.877. The fraction of sp³-hybridized carbons (Fsp3) is 0.438. The molecule has 0 spiro atoms. The molecule has 130 valence electrons. The van der Waals surface area contributed by atoms with Crippen LogP contribution >= 0.6 is 23.2 Å². The highest BCUT2D eigenvalue weighted by atomic mass is 35.5. The minimum Gasteiger partial charge on any atom is -0.352 e. The van der Waals surface area contributed by atoms with Crippen molar-refractivity contribution >= 4 is 40.9 Å². The molecule has 1 aromatic rings. The van der Waals surface area contributed by atoms with Gasteiger partial charge in [-0.15, -0.1) is 0 Å². The monoisotopic (exact) mass is 371 g/mol. The van der Waals surface area contributed by atoms with Crippen LogP contribution in [0.2, 0.25) is 10.0 Å². The van der Waals surface area contributed by atoms with Crippen molar-refractivity contribution in [3.8, 4) is 0 Å². The highest BCUT2D eigenvalue weighted by Crippen LogP contribution is 2.22. The Morgan fingerprint density at radius 1 is 1.04 bits per heavy atom. The normalized spacial score (nSPS) is 14.5. The molecule has 1 N–H and O–H groups in total. The van der Waals surface area contributed by atoms with Gasteiger partial charge in [0, 0.05) is 51.6 Å². The van der Waals surface area contributed by atoms with E-state index in [2.05, 4.69) is 5.32 Å². The van der Waals surface area contributed by atoms with Gasteiger partial charge in [-0.1, -0.05) is 23.2 Å². The van der Waals surface area contributed by atoms with Gasteiger partial charge in [-0.2, -0.15) is 0 Å². The predicted molar refractivity (Wildman–Crippen MR) is 92.2 cm³/mol. The van der Waals surface area contributed by atoms with E-state index < -0.39 is 0 Å². The van der Waals surface area contributed by atoms with Crippen molar-refractivity contribution in [2.24, 2.45) is 0 Å². The van der Waals surface area contributed by atoms with Crippen LogP contribution in [-0.4, -0.2) is 60.2 Å². The van der Waals surface area contributed by atoms with Crippen LogP contribution in [0.4, 0.5) is 0 Å². The zero-order chi connectivity index (χ0) is 17.7. The van der Waals surface area contributed by atoms with E-state index in [1.54, 1.807) is 21.9 Å². The number of halogens is 2. The molecule has 0 bridgehead atoms. The first-order valence-corrected chi connectivity index (χ1v) is 8.40. The summed E-state index contributed by atoms with van der Waals surface area (Å²) in [6, 6.07) is 4.62. The Hall–Kier alpha value is -1.79. The van der Waals surface area contributed by atoms with Crippen molar-refractivity contribution in [1.82, 2.24) is 15.1 Å². The number of rotatable bonds is 4. The number of carbonyl (C=O) groups is 3. The van der Waals surface area contributed by atoms with E-state index in [4.69, 9.17) is 23.2 Å². The molecule has 3 amide bonds. The molecule has 0 saturated carbocycles. The first kappa shape index (κ1) is 18.5. The summed E-state index contributed by atoms with van der Waals surface area (Å²) in [5.74, 6) is -0.314. The van der Waals surface area contributed by atoms with Crippen molar-refractivity contribution in [2.45, 2.75) is 13.3 Å². The minimum atomic E-state index is -0.303. The summed E-state index contributed by atoms with van der Waals surface area (Å²) in [5, 5.41) is 3.38. The van der Waals surface area contributed by atoms with Crippen LogP contribution in [0.1, 0.15) is 23.7 Å². The lowest BCUT2D eigenvalue weighted by Crippen LogP contribution is -2.50. The number of benzene rings is 1. The van der Waals surface area contributed by atoms with Crippen molar-refractivity contribution in [1.29, 1.82) is 0 Å². The van der Waals surface area contributed by atoms with Gasteiger partial charge < -0.3 is 15.1 Å². The van der Waals surface area contributed by atoms with E-state index in [1.165, 1.54) is 13.0 Å². The summed E-state index contributed by atoms with van der Waals surface area (Å²) in [7, 11) is 0. The third-order valence-corrected chi connectivity index (χ3v) is 4.62. The summed E-state index contributed by atoms with van der Waals surface area (Å²) >= 11 is 11.7. The van der Waals surface area contributed by atoms with Gasteiger partial charge in [-0.3, -0.25) is 14.4 Å². The van der Waals surface area contributed by atoms with Crippen LogP contribution in [-0.2, 0) is 9.59 Å². The highest BCUT2D eigenvalue weighted by molar-refractivity contribution is 6.42. The van der Waals surface area contributed by atoms with Crippen LogP contribution in [0, 0.1) is 0 Å². The van der Waals surface area contributed by atoms with Gasteiger partial charge in [0.2, 0.25) is 11.8 Å². The summed E-state index contributed by atoms with van der Waals surface area (Å²) in [6.45, 7) is 3.92. The molecule has 2 rings (SSSR count). The van der Waals surface area contributed by atoms with Crippen LogP contribution in [0.25, 0.3) is 0 Å². The molecule has 24 heavy (non-hydrogen) atoms. The third-order valence-electron chi connectivity index (χ3n) is 3.88. The van der Waals surface area contributed by atoms with E-state index in [1.807, 2.05) is 0 Å². The molecular weight excluding hydrogens is 353 g/mol. The second-order valence-corrected chi connectivity index (χ2v) is 6.34. The summed E-state index contributed by atoms with van der Waals surface area (Å²) in [6.07, 6.45) is 0.215. The topological polar surface area (TPSA) is 69.7 Å². The van der Waals surface area contributed by atoms with E-state index >= 15 is 0 Å². The Morgan fingerprint density at radius 3 is 2.25 bits per heavy atom. The van der Waals surface area contributed by atoms with E-state index in [-0.39, 0.29) is 30.7 Å². The first-order valence-electron chi connectivity index (χ1n) is 7.65. The Morgan fingerprint density at radius 2 is 1.67 bits per heavy atom. The molecule has 0 aromatic heterocycles. The molecule has 1 saturated heterocycles. The zero-order valence-electron chi connectivity index (χ0n) is 13.3. The van der Waals surface area contributed by atoms with Crippen LogP contribution in [0.15, 0.2) is 18.2 Å². The lowest BCUT2D eigenvalue weighted by Gasteiger charge is -2.34. The van der Waals surface area contributed by atoms with E-state index in [0.29, 0.717) is 41.8 Å². The van der Waals surface area contributed by atoms with Gasteiger partial charge in [0.25, 0.3) is 5.91 Å². The van der Waals surface area contributed by atoms with Crippen LogP contribution < -0.4 is 5.32 Å². The van der Waals surface area contributed by atoms with E-state index in [0.717, 1.165) is 0 Å². The Kier molecular flexibility index (Phi) is 6.45. The van der Waals surface area contributed by atoms with Gasteiger partial charge in [0.15, 0.2) is 0 Å². The average molecular weight is 372 g/mol. The highest BCUT2D eigenvalue weighted by Gasteiger charge is 2.22. The fourth-order valence-electron chi connectivity index (χ4n) is 2.45. The van der Waals surface area contributed by atoms with Gasteiger partial charge in [-0.25, -0.2) is 0 Å². The van der Waals surface area contributed by atoms with Crippen molar-refractivity contribution < 1.29 is 14.4 Å². The number of nitrogens with zero attached hydrogens (tertiary/aromatic N) is 2. The lowest BCUT2D eigenvalue weighted by atomic mass is 10.2. The number of piperazine rings is 1. The molecule has 1 aromatic carbocycles. The standard InChI is InChI=1S/C16H19Cl2N3O3/c1-11(22)20-6-8-21(9-7-20)15(23)4-5-19-16(24)12-2-3-13(17)14(18)10-12/h2-3,10H,4-9H2,1H3,(H,19,24). The molecule has 1 heterocycles. The first-order chi connectivity index (χ1) is 11.4. The van der Waals surface area contributed by atoms with Crippen LogP contribution in [0.5, 0.6) is 0 Å². The van der Waals surface area contributed by atoms with Crippen molar-refractivity contribution in [2.75, 3.05) is 32.7 Å². The largest absolute Gasteiger partial charge is 0.352 e. The van der Waals surface area contributed by atoms with Gasteiger partial charge in [-0.05, 0) is 18.2 Å². The molecule has 0 aliphatic carbocycles. The maximum Gasteiger partial charge on any atom is 0.251 e. The Labute approximate surface area is 150 Å². The molecule has 8 heteroatoms. The molecule has 1 aliphatic heterocycles. The molecule has 0 atom stereocenters.